The Kier molecular flexibility index (Phi) is 4.82. The van der Waals surface area contributed by atoms with Crippen molar-refractivity contribution >= 4 is 23.3 Å². The number of rotatable bonds is 2. The van der Waals surface area contributed by atoms with Crippen molar-refractivity contribution in [2.75, 3.05) is 5.32 Å². The first kappa shape index (κ1) is 19.8. The Labute approximate surface area is 167 Å². The van der Waals surface area contributed by atoms with Gasteiger partial charge in [-0.05, 0) is 75.1 Å². The number of likely N-dealkylation sites (tertiary alicyclic amines) is 1. The molecular formula is C20H24ClF3N2O2. The van der Waals surface area contributed by atoms with Crippen LogP contribution in [0.25, 0.3) is 0 Å². The number of urea groups is 1. The summed E-state index contributed by atoms with van der Waals surface area (Å²) in [6.45, 7) is 1.81. The van der Waals surface area contributed by atoms with Gasteiger partial charge in [0.05, 0.1) is 11.5 Å². The highest BCUT2D eigenvalue weighted by molar-refractivity contribution is 6.31. The SMILES string of the molecule is C[C@@]1(O)CC[C@H](c2cc(NC(=O)N3C4CC3CC(C(F)(F)F)C4)ccc2Cl)C1. The van der Waals surface area contributed by atoms with Gasteiger partial charge in [0.1, 0.15) is 0 Å². The summed E-state index contributed by atoms with van der Waals surface area (Å²) in [5.74, 6) is -1.19. The molecule has 1 aromatic carbocycles. The van der Waals surface area contributed by atoms with Crippen LogP contribution in [0.4, 0.5) is 23.7 Å². The first-order valence-corrected chi connectivity index (χ1v) is 10.1. The van der Waals surface area contributed by atoms with Gasteiger partial charge in [-0.2, -0.15) is 13.2 Å². The minimum absolute atomic E-state index is 0.0174. The number of carbonyl (C=O) groups is 1. The van der Waals surface area contributed by atoms with Gasteiger partial charge in [0.2, 0.25) is 0 Å². The normalized spacial score (nSPS) is 34.9. The molecule has 0 radical (unpaired) electrons. The molecule has 154 valence electrons. The molecule has 1 aromatic rings. The van der Waals surface area contributed by atoms with E-state index in [1.165, 1.54) is 0 Å². The number of benzene rings is 1. The molecule has 2 bridgehead atoms. The van der Waals surface area contributed by atoms with Crippen LogP contribution in [0.15, 0.2) is 18.2 Å². The van der Waals surface area contributed by atoms with Crippen LogP contribution in [-0.4, -0.2) is 39.9 Å². The zero-order valence-corrected chi connectivity index (χ0v) is 16.4. The summed E-state index contributed by atoms with van der Waals surface area (Å²) < 4.78 is 38.8. The number of hydrogen-bond acceptors (Lipinski definition) is 2. The number of carbonyl (C=O) groups excluding carboxylic acids is 1. The predicted molar refractivity (Wildman–Crippen MR) is 100 cm³/mol. The van der Waals surface area contributed by atoms with E-state index in [0.29, 0.717) is 30.0 Å². The van der Waals surface area contributed by atoms with Crippen molar-refractivity contribution in [2.45, 2.75) is 75.2 Å². The maximum Gasteiger partial charge on any atom is 0.391 e. The average molecular weight is 417 g/mol. The number of amides is 2. The van der Waals surface area contributed by atoms with E-state index in [2.05, 4.69) is 5.32 Å². The van der Waals surface area contributed by atoms with Crippen LogP contribution in [0, 0.1) is 5.92 Å². The second-order valence-corrected chi connectivity index (χ2v) is 9.17. The van der Waals surface area contributed by atoms with Gasteiger partial charge in [-0.25, -0.2) is 4.79 Å². The maximum atomic E-state index is 12.9. The monoisotopic (exact) mass is 416 g/mol. The fraction of sp³-hybridized carbons (Fsp3) is 0.650. The summed E-state index contributed by atoms with van der Waals surface area (Å²) in [6.07, 6.45) is -1.45. The maximum absolute atomic E-state index is 12.9. The van der Waals surface area contributed by atoms with Gasteiger partial charge >= 0.3 is 12.2 Å². The van der Waals surface area contributed by atoms with Gasteiger partial charge in [-0.1, -0.05) is 11.6 Å². The van der Waals surface area contributed by atoms with E-state index in [1.807, 2.05) is 13.0 Å². The van der Waals surface area contributed by atoms with E-state index < -0.39 is 17.7 Å². The van der Waals surface area contributed by atoms with Crippen LogP contribution in [0.3, 0.4) is 0 Å². The van der Waals surface area contributed by atoms with Crippen molar-refractivity contribution in [2.24, 2.45) is 5.92 Å². The number of hydrogen-bond donors (Lipinski definition) is 2. The standard InChI is InChI=1S/C20H24ClF3N2O2/c1-19(28)5-4-11(10-19)16-8-13(2-3-17(16)21)25-18(27)26-14-6-12(20(22,23)24)7-15(26)9-14/h2-3,8,11-12,14-15,28H,4-7,9-10H2,1H3,(H,25,27)/t11-,12?,14?,15?,19+/m0/s1. The highest BCUT2D eigenvalue weighted by atomic mass is 35.5. The third-order valence-electron chi connectivity index (χ3n) is 6.55. The third kappa shape index (κ3) is 3.71. The van der Waals surface area contributed by atoms with Crippen LogP contribution < -0.4 is 5.32 Å². The van der Waals surface area contributed by atoms with Crippen LogP contribution >= 0.6 is 11.6 Å². The van der Waals surface area contributed by atoms with Crippen molar-refractivity contribution in [3.8, 4) is 0 Å². The Morgan fingerprint density at radius 2 is 1.96 bits per heavy atom. The average Bonchev–Trinajstić information content (AvgIpc) is 2.95. The summed E-state index contributed by atoms with van der Waals surface area (Å²) in [5.41, 5.74) is 0.753. The van der Waals surface area contributed by atoms with E-state index in [4.69, 9.17) is 11.6 Å². The summed E-state index contributed by atoms with van der Waals surface area (Å²) in [4.78, 5) is 14.2. The first-order chi connectivity index (χ1) is 13.0. The molecule has 4 rings (SSSR count). The van der Waals surface area contributed by atoms with Crippen molar-refractivity contribution < 1.29 is 23.1 Å². The lowest BCUT2D eigenvalue weighted by atomic mass is 9.73. The van der Waals surface area contributed by atoms with Crippen molar-refractivity contribution in [3.63, 3.8) is 0 Å². The molecule has 2 saturated carbocycles. The minimum atomic E-state index is -4.19. The molecule has 3 aliphatic rings. The largest absolute Gasteiger partial charge is 0.391 e. The van der Waals surface area contributed by atoms with E-state index in [0.717, 1.165) is 12.0 Å². The van der Waals surface area contributed by atoms with Gasteiger partial charge < -0.3 is 15.3 Å². The molecule has 1 saturated heterocycles. The third-order valence-corrected chi connectivity index (χ3v) is 6.89. The second kappa shape index (κ2) is 6.80. The number of piperidine rings is 1. The van der Waals surface area contributed by atoms with Crippen LogP contribution in [-0.2, 0) is 0 Å². The summed E-state index contributed by atoms with van der Waals surface area (Å²) in [7, 11) is 0. The van der Waals surface area contributed by atoms with Crippen LogP contribution in [0.5, 0.6) is 0 Å². The molecule has 2 amide bonds. The molecule has 4 atom stereocenters. The van der Waals surface area contributed by atoms with Gasteiger partial charge in [0.15, 0.2) is 0 Å². The molecular weight excluding hydrogens is 393 g/mol. The van der Waals surface area contributed by atoms with Crippen LogP contribution in [0.1, 0.15) is 56.9 Å². The molecule has 4 nitrogen and oxygen atoms in total. The quantitative estimate of drug-likeness (QED) is 0.686. The van der Waals surface area contributed by atoms with E-state index in [-0.39, 0.29) is 36.9 Å². The Bertz CT molecular complexity index is 771. The summed E-state index contributed by atoms with van der Waals surface area (Å²) in [6, 6.07) is 4.19. The summed E-state index contributed by atoms with van der Waals surface area (Å²) >= 11 is 6.33. The van der Waals surface area contributed by atoms with Gasteiger partial charge in [-0.3, -0.25) is 0 Å². The van der Waals surface area contributed by atoms with E-state index in [1.54, 1.807) is 17.0 Å². The molecule has 1 heterocycles. The number of alkyl halides is 3. The molecule has 0 aromatic heterocycles. The van der Waals surface area contributed by atoms with Gasteiger partial charge in [0.25, 0.3) is 0 Å². The highest BCUT2D eigenvalue weighted by Crippen LogP contribution is 2.47. The Hall–Kier alpha value is -1.47. The molecule has 3 fully saturated rings. The molecule has 1 aliphatic heterocycles. The number of nitrogens with zero attached hydrogens (tertiary/aromatic N) is 1. The fourth-order valence-electron chi connectivity index (χ4n) is 5.08. The lowest BCUT2D eigenvalue weighted by Crippen LogP contribution is -2.65. The predicted octanol–water partition coefficient (Wildman–Crippen LogP) is 5.31. The van der Waals surface area contributed by atoms with E-state index in [9.17, 15) is 23.1 Å². The number of aliphatic hydroxyl groups is 1. The van der Waals surface area contributed by atoms with Crippen molar-refractivity contribution in [1.29, 1.82) is 0 Å². The molecule has 2 aliphatic carbocycles. The van der Waals surface area contributed by atoms with Gasteiger partial charge in [-0.15, -0.1) is 0 Å². The topological polar surface area (TPSA) is 52.6 Å². The zero-order chi connectivity index (χ0) is 20.3. The Balaban J connectivity index is 1.43. The lowest BCUT2D eigenvalue weighted by Gasteiger charge is -2.55. The Morgan fingerprint density at radius 1 is 1.29 bits per heavy atom. The zero-order valence-electron chi connectivity index (χ0n) is 15.6. The van der Waals surface area contributed by atoms with Crippen molar-refractivity contribution in [3.05, 3.63) is 28.8 Å². The summed E-state index contributed by atoms with van der Waals surface area (Å²) in [5, 5.41) is 13.6. The molecule has 2 unspecified atom stereocenters. The fourth-order valence-corrected chi connectivity index (χ4v) is 5.35. The smallest absolute Gasteiger partial charge is 0.390 e. The van der Waals surface area contributed by atoms with Crippen molar-refractivity contribution in [1.82, 2.24) is 4.90 Å². The minimum Gasteiger partial charge on any atom is -0.390 e. The molecule has 0 spiro atoms. The Morgan fingerprint density at radius 3 is 2.54 bits per heavy atom. The van der Waals surface area contributed by atoms with E-state index >= 15 is 0 Å². The van der Waals surface area contributed by atoms with Crippen LogP contribution in [0.2, 0.25) is 5.02 Å². The lowest BCUT2D eigenvalue weighted by molar-refractivity contribution is -0.205. The molecule has 2 N–H and O–H groups in total. The molecule has 28 heavy (non-hydrogen) atoms. The number of nitrogens with one attached hydrogen (secondary N) is 1. The second-order valence-electron chi connectivity index (χ2n) is 8.76. The number of halogens is 4. The number of fused-ring (bicyclic) bond motifs is 2. The van der Waals surface area contributed by atoms with Gasteiger partial charge in [0, 0.05) is 22.8 Å². The number of anilines is 1. The first-order valence-electron chi connectivity index (χ1n) is 9.71. The highest BCUT2D eigenvalue weighted by Gasteiger charge is 2.54. The molecule has 8 heteroatoms.